The molecule has 6 nitrogen and oxygen atoms in total. The Kier molecular flexibility index (Phi) is 6.66. The van der Waals surface area contributed by atoms with Crippen molar-refractivity contribution in [2.75, 3.05) is 20.3 Å². The quantitative estimate of drug-likeness (QED) is 0.544. The average molecular weight is 444 g/mol. The molecule has 0 aliphatic carbocycles. The summed E-state index contributed by atoms with van der Waals surface area (Å²) >= 11 is 7.37. The molecule has 1 aromatic carbocycles. The molecule has 0 spiro atoms. The molecule has 2 N–H and O–H groups in total. The number of H-pyrrole nitrogens is 1. The van der Waals surface area contributed by atoms with Crippen molar-refractivity contribution in [2.45, 2.75) is 32.0 Å². The number of ether oxygens (including phenoxy) is 2. The number of rotatable bonds is 7. The van der Waals surface area contributed by atoms with Gasteiger partial charge in [-0.1, -0.05) is 6.07 Å². The number of methoxy groups -OCH3 is 1. The Labute approximate surface area is 184 Å². The SMILES string of the molecule is COc1ccc2cc(CN(Cc3cccs3)C(=S)NCC3CCCO3)c(=O)[nH]c2c1. The van der Waals surface area contributed by atoms with E-state index in [1.54, 1.807) is 18.4 Å². The number of benzene rings is 1. The molecule has 158 valence electrons. The number of nitrogens with one attached hydrogen (secondary N) is 2. The Morgan fingerprint density at radius 3 is 3.00 bits per heavy atom. The third-order valence-electron chi connectivity index (χ3n) is 5.21. The molecule has 1 saturated heterocycles. The zero-order valence-corrected chi connectivity index (χ0v) is 18.5. The van der Waals surface area contributed by atoms with Gasteiger partial charge in [0.25, 0.3) is 5.56 Å². The molecule has 8 heteroatoms. The number of hydrogen-bond acceptors (Lipinski definition) is 5. The molecule has 2 aromatic heterocycles. The highest BCUT2D eigenvalue weighted by molar-refractivity contribution is 7.80. The minimum Gasteiger partial charge on any atom is -0.497 e. The van der Waals surface area contributed by atoms with Crippen LogP contribution >= 0.6 is 23.6 Å². The molecule has 1 aliphatic heterocycles. The fraction of sp³-hybridized carbons (Fsp3) is 0.364. The first-order chi connectivity index (χ1) is 14.6. The summed E-state index contributed by atoms with van der Waals surface area (Å²) in [4.78, 5) is 19.0. The lowest BCUT2D eigenvalue weighted by Crippen LogP contribution is -2.42. The van der Waals surface area contributed by atoms with Gasteiger partial charge in [0.05, 0.1) is 31.8 Å². The van der Waals surface area contributed by atoms with Crippen LogP contribution in [0.4, 0.5) is 0 Å². The van der Waals surface area contributed by atoms with Gasteiger partial charge in [0, 0.05) is 29.7 Å². The second-order valence-electron chi connectivity index (χ2n) is 7.33. The van der Waals surface area contributed by atoms with Gasteiger partial charge in [0.2, 0.25) is 0 Å². The standard InChI is InChI=1S/C22H25N3O3S2/c1-27-17-7-6-15-10-16(21(26)24-20(15)11-17)13-25(14-19-5-3-9-30-19)22(29)23-12-18-4-2-8-28-18/h3,5-7,9-11,18H,2,4,8,12-14H2,1H3,(H,23,29)(H,24,26). The van der Waals surface area contributed by atoms with Crippen LogP contribution < -0.4 is 15.6 Å². The van der Waals surface area contributed by atoms with Gasteiger partial charge in [-0.05, 0) is 60.1 Å². The third kappa shape index (κ3) is 5.00. The van der Waals surface area contributed by atoms with Gasteiger partial charge in [-0.3, -0.25) is 4.79 Å². The molecular weight excluding hydrogens is 418 g/mol. The second-order valence-corrected chi connectivity index (χ2v) is 8.75. The van der Waals surface area contributed by atoms with Crippen molar-refractivity contribution in [3.05, 3.63) is 62.6 Å². The number of aromatic nitrogens is 1. The molecule has 1 unspecified atom stereocenters. The maximum Gasteiger partial charge on any atom is 0.253 e. The van der Waals surface area contributed by atoms with Gasteiger partial charge in [-0.25, -0.2) is 0 Å². The maximum absolute atomic E-state index is 12.8. The predicted molar refractivity (Wildman–Crippen MR) is 124 cm³/mol. The summed E-state index contributed by atoms with van der Waals surface area (Å²) < 4.78 is 10.9. The molecule has 4 rings (SSSR count). The molecule has 3 heterocycles. The number of pyridine rings is 1. The Bertz CT molecular complexity index is 1060. The minimum atomic E-state index is -0.117. The van der Waals surface area contributed by atoms with Crippen LogP contribution in [0.25, 0.3) is 10.9 Å². The lowest BCUT2D eigenvalue weighted by Gasteiger charge is -2.26. The highest BCUT2D eigenvalue weighted by atomic mass is 32.1. The number of aromatic amines is 1. The molecular formula is C22H25N3O3S2. The van der Waals surface area contributed by atoms with Crippen molar-refractivity contribution in [3.8, 4) is 5.75 Å². The maximum atomic E-state index is 12.8. The number of thiocarbonyl (C=S) groups is 1. The van der Waals surface area contributed by atoms with Gasteiger partial charge in [0.1, 0.15) is 5.75 Å². The Hall–Kier alpha value is -2.42. The van der Waals surface area contributed by atoms with E-state index in [2.05, 4.69) is 16.4 Å². The number of nitrogens with zero attached hydrogens (tertiary/aromatic N) is 1. The fourth-order valence-corrected chi connectivity index (χ4v) is 4.52. The van der Waals surface area contributed by atoms with Crippen molar-refractivity contribution in [1.82, 2.24) is 15.2 Å². The van der Waals surface area contributed by atoms with Crippen molar-refractivity contribution < 1.29 is 9.47 Å². The van der Waals surface area contributed by atoms with E-state index in [1.165, 1.54) is 4.88 Å². The van der Waals surface area contributed by atoms with E-state index < -0.39 is 0 Å². The summed E-state index contributed by atoms with van der Waals surface area (Å²) in [6, 6.07) is 11.7. The van der Waals surface area contributed by atoms with Gasteiger partial charge < -0.3 is 24.7 Å². The molecule has 0 amide bonds. The predicted octanol–water partition coefficient (Wildman–Crippen LogP) is 3.65. The van der Waals surface area contributed by atoms with Crippen LogP contribution in [0.3, 0.4) is 0 Å². The van der Waals surface area contributed by atoms with E-state index in [0.29, 0.717) is 36.1 Å². The smallest absolute Gasteiger partial charge is 0.253 e. The number of thiophene rings is 1. The first-order valence-corrected chi connectivity index (χ1v) is 11.3. The van der Waals surface area contributed by atoms with Crippen LogP contribution in [0, 0.1) is 0 Å². The van der Waals surface area contributed by atoms with Crippen LogP contribution in [0.2, 0.25) is 0 Å². The van der Waals surface area contributed by atoms with E-state index in [9.17, 15) is 4.79 Å². The summed E-state index contributed by atoms with van der Waals surface area (Å²) in [6.45, 7) is 2.57. The lowest BCUT2D eigenvalue weighted by molar-refractivity contribution is 0.113. The normalized spacial score (nSPS) is 16.0. The summed E-state index contributed by atoms with van der Waals surface area (Å²) in [6.07, 6.45) is 2.34. The van der Waals surface area contributed by atoms with Gasteiger partial charge >= 0.3 is 0 Å². The largest absolute Gasteiger partial charge is 0.497 e. The highest BCUT2D eigenvalue weighted by Crippen LogP contribution is 2.20. The molecule has 0 saturated carbocycles. The van der Waals surface area contributed by atoms with Crippen molar-refractivity contribution in [1.29, 1.82) is 0 Å². The van der Waals surface area contributed by atoms with E-state index in [0.717, 1.165) is 30.4 Å². The summed E-state index contributed by atoms with van der Waals surface area (Å²) in [7, 11) is 1.61. The zero-order valence-electron chi connectivity index (χ0n) is 16.8. The lowest BCUT2D eigenvalue weighted by atomic mass is 10.1. The number of hydrogen-bond donors (Lipinski definition) is 2. The Morgan fingerprint density at radius 1 is 1.37 bits per heavy atom. The van der Waals surface area contributed by atoms with Crippen molar-refractivity contribution >= 4 is 39.6 Å². The molecule has 1 aliphatic rings. The highest BCUT2D eigenvalue weighted by Gasteiger charge is 2.19. The van der Waals surface area contributed by atoms with E-state index in [-0.39, 0.29) is 11.7 Å². The Morgan fingerprint density at radius 2 is 2.27 bits per heavy atom. The second kappa shape index (κ2) is 9.59. The summed E-state index contributed by atoms with van der Waals surface area (Å²) in [5.41, 5.74) is 1.31. The average Bonchev–Trinajstić information content (AvgIpc) is 3.45. The van der Waals surface area contributed by atoms with Crippen LogP contribution in [-0.2, 0) is 17.8 Å². The summed E-state index contributed by atoms with van der Waals surface area (Å²) in [5.74, 6) is 0.713. The zero-order chi connectivity index (χ0) is 20.9. The van der Waals surface area contributed by atoms with Gasteiger partial charge in [-0.2, -0.15) is 0 Å². The monoisotopic (exact) mass is 443 g/mol. The summed E-state index contributed by atoms with van der Waals surface area (Å²) in [5, 5.41) is 6.98. The molecule has 30 heavy (non-hydrogen) atoms. The topological polar surface area (TPSA) is 66.6 Å². The van der Waals surface area contributed by atoms with E-state index >= 15 is 0 Å². The molecule has 3 aromatic rings. The fourth-order valence-electron chi connectivity index (χ4n) is 3.58. The first kappa shape index (κ1) is 20.8. The van der Waals surface area contributed by atoms with Crippen LogP contribution in [0.15, 0.2) is 46.6 Å². The van der Waals surface area contributed by atoms with Crippen LogP contribution in [0.1, 0.15) is 23.3 Å². The van der Waals surface area contributed by atoms with Gasteiger partial charge in [-0.15, -0.1) is 11.3 Å². The first-order valence-electron chi connectivity index (χ1n) is 9.99. The van der Waals surface area contributed by atoms with E-state index in [4.69, 9.17) is 21.7 Å². The Balaban J connectivity index is 1.54. The van der Waals surface area contributed by atoms with Crippen molar-refractivity contribution in [3.63, 3.8) is 0 Å². The van der Waals surface area contributed by atoms with E-state index in [1.807, 2.05) is 40.6 Å². The minimum absolute atomic E-state index is 0.117. The van der Waals surface area contributed by atoms with Crippen molar-refractivity contribution in [2.24, 2.45) is 0 Å². The van der Waals surface area contributed by atoms with Crippen LogP contribution in [-0.4, -0.2) is 41.4 Å². The van der Waals surface area contributed by atoms with Gasteiger partial charge in [0.15, 0.2) is 5.11 Å². The number of fused-ring (bicyclic) bond motifs is 1. The third-order valence-corrected chi connectivity index (χ3v) is 6.47. The molecule has 0 radical (unpaired) electrons. The molecule has 1 atom stereocenters. The van der Waals surface area contributed by atoms with Crippen LogP contribution in [0.5, 0.6) is 5.75 Å². The molecule has 0 bridgehead atoms. The molecule has 1 fully saturated rings.